The zero-order chi connectivity index (χ0) is 17.3. The van der Waals surface area contributed by atoms with E-state index in [2.05, 4.69) is 55.8 Å². The summed E-state index contributed by atoms with van der Waals surface area (Å²) in [6.07, 6.45) is 2.99. The van der Waals surface area contributed by atoms with Crippen LogP contribution < -0.4 is 10.6 Å². The van der Waals surface area contributed by atoms with E-state index in [0.29, 0.717) is 0 Å². The van der Waals surface area contributed by atoms with Gasteiger partial charge in [0.2, 0.25) is 0 Å². The van der Waals surface area contributed by atoms with Gasteiger partial charge in [-0.05, 0) is 37.0 Å². The van der Waals surface area contributed by atoms with Crippen molar-refractivity contribution in [2.45, 2.75) is 24.7 Å². The minimum absolute atomic E-state index is 0.0864. The molecule has 1 aromatic rings. The van der Waals surface area contributed by atoms with Crippen molar-refractivity contribution in [1.82, 2.24) is 10.6 Å². The number of hydrogen-bond donors (Lipinski definition) is 2. The molecule has 0 aromatic heterocycles. The highest BCUT2D eigenvalue weighted by molar-refractivity contribution is 9.10. The standard InChI is InChI=1S/C18H28BrN3O2/c1-20-17(21-10-3-11-23-2)22-14-18(8-12-24-13-9-18)15-4-6-16(19)7-5-15/h4-7H,3,8-14H2,1-2H3,(H2,20,21,22). The van der Waals surface area contributed by atoms with Crippen molar-refractivity contribution in [2.24, 2.45) is 4.99 Å². The summed E-state index contributed by atoms with van der Waals surface area (Å²) in [7, 11) is 3.53. The average molecular weight is 398 g/mol. The first-order chi connectivity index (χ1) is 11.7. The zero-order valence-electron chi connectivity index (χ0n) is 14.6. The first-order valence-corrected chi connectivity index (χ1v) is 9.27. The molecule has 6 heteroatoms. The van der Waals surface area contributed by atoms with E-state index >= 15 is 0 Å². The van der Waals surface area contributed by atoms with E-state index in [9.17, 15) is 0 Å². The number of hydrogen-bond acceptors (Lipinski definition) is 3. The largest absolute Gasteiger partial charge is 0.385 e. The molecule has 1 fully saturated rings. The summed E-state index contributed by atoms with van der Waals surface area (Å²) in [6.45, 7) is 4.06. The molecule has 1 aliphatic heterocycles. The van der Waals surface area contributed by atoms with Crippen LogP contribution in [0.3, 0.4) is 0 Å². The molecule has 1 saturated heterocycles. The molecule has 1 aliphatic rings. The summed E-state index contributed by atoms with van der Waals surface area (Å²) in [5.74, 6) is 0.842. The minimum Gasteiger partial charge on any atom is -0.385 e. The van der Waals surface area contributed by atoms with Crippen molar-refractivity contribution >= 4 is 21.9 Å². The molecule has 1 aromatic carbocycles. The van der Waals surface area contributed by atoms with Crippen LogP contribution in [0.1, 0.15) is 24.8 Å². The van der Waals surface area contributed by atoms with Crippen LogP contribution in [0.25, 0.3) is 0 Å². The van der Waals surface area contributed by atoms with Crippen LogP contribution in [0.4, 0.5) is 0 Å². The summed E-state index contributed by atoms with van der Waals surface area (Å²) in [4.78, 5) is 4.32. The number of nitrogens with one attached hydrogen (secondary N) is 2. The van der Waals surface area contributed by atoms with Gasteiger partial charge >= 0.3 is 0 Å². The maximum Gasteiger partial charge on any atom is 0.191 e. The Morgan fingerprint density at radius 3 is 2.58 bits per heavy atom. The lowest BCUT2D eigenvalue weighted by molar-refractivity contribution is 0.0514. The summed E-state index contributed by atoms with van der Waals surface area (Å²) < 4.78 is 11.8. The smallest absolute Gasteiger partial charge is 0.191 e. The van der Waals surface area contributed by atoms with E-state index in [-0.39, 0.29) is 5.41 Å². The number of halogens is 1. The summed E-state index contributed by atoms with van der Waals surface area (Å²) in [6, 6.07) is 8.66. The van der Waals surface area contributed by atoms with Crippen LogP contribution >= 0.6 is 15.9 Å². The topological polar surface area (TPSA) is 54.9 Å². The Balaban J connectivity index is 1.99. The molecule has 2 N–H and O–H groups in total. The second-order valence-electron chi connectivity index (χ2n) is 6.10. The Labute approximate surface area is 153 Å². The maximum atomic E-state index is 5.60. The van der Waals surface area contributed by atoms with Gasteiger partial charge in [-0.15, -0.1) is 0 Å². The van der Waals surface area contributed by atoms with Crippen LogP contribution in [-0.2, 0) is 14.9 Å². The van der Waals surface area contributed by atoms with Crippen molar-refractivity contribution in [3.63, 3.8) is 0 Å². The van der Waals surface area contributed by atoms with Gasteiger partial charge in [0.15, 0.2) is 5.96 Å². The van der Waals surface area contributed by atoms with E-state index < -0.39 is 0 Å². The van der Waals surface area contributed by atoms with Crippen molar-refractivity contribution in [1.29, 1.82) is 0 Å². The molecular formula is C18H28BrN3O2. The van der Waals surface area contributed by atoms with Gasteiger partial charge in [0.25, 0.3) is 0 Å². The molecule has 134 valence electrons. The molecule has 0 spiro atoms. The highest BCUT2D eigenvalue weighted by Gasteiger charge is 2.34. The molecule has 0 aliphatic carbocycles. The third-order valence-corrected chi connectivity index (χ3v) is 5.07. The van der Waals surface area contributed by atoms with Gasteiger partial charge in [-0.2, -0.15) is 0 Å². The second kappa shape index (κ2) is 10.0. The molecule has 1 heterocycles. The van der Waals surface area contributed by atoms with Crippen LogP contribution in [0.2, 0.25) is 0 Å². The molecule has 2 rings (SSSR count). The number of nitrogens with zero attached hydrogens (tertiary/aromatic N) is 1. The molecule has 0 unspecified atom stereocenters. The lowest BCUT2D eigenvalue weighted by Crippen LogP contribution is -2.48. The summed E-state index contributed by atoms with van der Waals surface area (Å²) in [5.41, 5.74) is 1.44. The zero-order valence-corrected chi connectivity index (χ0v) is 16.2. The number of aliphatic imine (C=N–C) groups is 1. The fraction of sp³-hybridized carbons (Fsp3) is 0.611. The van der Waals surface area contributed by atoms with Gasteiger partial charge in [-0.25, -0.2) is 0 Å². The molecule has 0 amide bonds. The van der Waals surface area contributed by atoms with E-state index in [4.69, 9.17) is 9.47 Å². The lowest BCUT2D eigenvalue weighted by Gasteiger charge is -2.38. The molecule has 24 heavy (non-hydrogen) atoms. The number of guanidine groups is 1. The molecule has 0 atom stereocenters. The van der Waals surface area contributed by atoms with Crippen LogP contribution in [0.5, 0.6) is 0 Å². The highest BCUT2D eigenvalue weighted by Crippen LogP contribution is 2.34. The fourth-order valence-corrected chi connectivity index (χ4v) is 3.29. The van der Waals surface area contributed by atoms with E-state index in [1.54, 1.807) is 7.11 Å². The number of ether oxygens (including phenoxy) is 2. The number of benzene rings is 1. The quantitative estimate of drug-likeness (QED) is 0.421. The average Bonchev–Trinajstić information content (AvgIpc) is 2.62. The minimum atomic E-state index is 0.0864. The van der Waals surface area contributed by atoms with Gasteiger partial charge in [0.05, 0.1) is 0 Å². The molecule has 0 bridgehead atoms. The number of methoxy groups -OCH3 is 1. The third kappa shape index (κ3) is 5.46. The Bertz CT molecular complexity index is 514. The van der Waals surface area contributed by atoms with Gasteiger partial charge < -0.3 is 20.1 Å². The predicted octanol–water partition coefficient (Wildman–Crippen LogP) is 2.70. The predicted molar refractivity (Wildman–Crippen MR) is 102 cm³/mol. The second-order valence-corrected chi connectivity index (χ2v) is 7.01. The first kappa shape index (κ1) is 19.2. The monoisotopic (exact) mass is 397 g/mol. The Hall–Kier alpha value is -1.11. The number of rotatable bonds is 7. The molecule has 0 radical (unpaired) electrons. The van der Waals surface area contributed by atoms with Crippen LogP contribution in [-0.4, -0.2) is 53.0 Å². The SMILES string of the molecule is CN=C(NCCCOC)NCC1(c2ccc(Br)cc2)CCOCC1. The Kier molecular flexibility index (Phi) is 8.02. The molecule has 5 nitrogen and oxygen atoms in total. The molecule has 0 saturated carbocycles. The van der Waals surface area contributed by atoms with Crippen LogP contribution in [0.15, 0.2) is 33.7 Å². The highest BCUT2D eigenvalue weighted by atomic mass is 79.9. The van der Waals surface area contributed by atoms with Gasteiger partial charge in [0.1, 0.15) is 0 Å². The fourth-order valence-electron chi connectivity index (χ4n) is 3.03. The van der Waals surface area contributed by atoms with Gasteiger partial charge in [-0.1, -0.05) is 28.1 Å². The van der Waals surface area contributed by atoms with Gasteiger partial charge in [0, 0.05) is 57.0 Å². The lowest BCUT2D eigenvalue weighted by atomic mass is 9.74. The third-order valence-electron chi connectivity index (χ3n) is 4.54. The molecular weight excluding hydrogens is 370 g/mol. The summed E-state index contributed by atoms with van der Waals surface area (Å²) in [5, 5.41) is 6.84. The van der Waals surface area contributed by atoms with Crippen molar-refractivity contribution in [3.05, 3.63) is 34.3 Å². The van der Waals surface area contributed by atoms with Crippen molar-refractivity contribution < 1.29 is 9.47 Å². The van der Waals surface area contributed by atoms with Crippen molar-refractivity contribution in [3.8, 4) is 0 Å². The van der Waals surface area contributed by atoms with Gasteiger partial charge in [-0.3, -0.25) is 4.99 Å². The van der Waals surface area contributed by atoms with E-state index in [1.165, 1.54) is 5.56 Å². The first-order valence-electron chi connectivity index (χ1n) is 8.47. The van der Waals surface area contributed by atoms with Crippen molar-refractivity contribution in [2.75, 3.05) is 47.1 Å². The van der Waals surface area contributed by atoms with E-state index in [1.807, 2.05) is 7.05 Å². The van der Waals surface area contributed by atoms with E-state index in [0.717, 1.165) is 62.6 Å². The summed E-state index contributed by atoms with van der Waals surface area (Å²) >= 11 is 3.52. The Morgan fingerprint density at radius 2 is 1.96 bits per heavy atom. The maximum absolute atomic E-state index is 5.60. The normalized spacial score (nSPS) is 17.5. The Morgan fingerprint density at radius 1 is 1.25 bits per heavy atom. The van der Waals surface area contributed by atoms with Crippen LogP contribution in [0, 0.1) is 0 Å².